The molecule has 0 saturated carbocycles. The van der Waals surface area contributed by atoms with Crippen LogP contribution < -0.4 is 14.2 Å². The van der Waals surface area contributed by atoms with Gasteiger partial charge in [0.2, 0.25) is 16.8 Å². The van der Waals surface area contributed by atoms with E-state index < -0.39 is 10.0 Å². The summed E-state index contributed by atoms with van der Waals surface area (Å²) in [7, 11) is -3.40. The van der Waals surface area contributed by atoms with Crippen LogP contribution in [0, 0.1) is 0 Å². The lowest BCUT2D eigenvalue weighted by molar-refractivity contribution is 0.135. The minimum absolute atomic E-state index is 0.0790. The molecule has 2 aromatic rings. The molecule has 1 N–H and O–H groups in total. The zero-order valence-electron chi connectivity index (χ0n) is 13.1. The van der Waals surface area contributed by atoms with Crippen LogP contribution in [-0.4, -0.2) is 27.6 Å². The molecule has 7 heteroatoms. The lowest BCUT2D eigenvalue weighted by Gasteiger charge is -2.08. The van der Waals surface area contributed by atoms with Crippen molar-refractivity contribution < 1.29 is 22.6 Å². The Morgan fingerprint density at radius 3 is 2.62 bits per heavy atom. The normalized spacial score (nSPS) is 13.2. The van der Waals surface area contributed by atoms with E-state index in [1.807, 2.05) is 36.4 Å². The second-order valence-corrected chi connectivity index (χ2v) is 7.29. The van der Waals surface area contributed by atoms with Crippen molar-refractivity contribution in [3.05, 3.63) is 59.7 Å². The second kappa shape index (κ2) is 7.65. The second-order valence-electron chi connectivity index (χ2n) is 5.37. The van der Waals surface area contributed by atoms with E-state index in [4.69, 9.17) is 14.2 Å². The molecule has 1 heterocycles. The van der Waals surface area contributed by atoms with Crippen molar-refractivity contribution in [1.82, 2.24) is 4.72 Å². The standard InChI is InChI=1S/C17H19NO5S/c19-24(20,9-8-21-12-14-4-2-1-3-5-14)18-11-15-6-7-16-17(10-15)23-13-22-16/h1-7,10,18H,8-9,11-13H2. The summed E-state index contributed by atoms with van der Waals surface area (Å²) >= 11 is 0. The summed E-state index contributed by atoms with van der Waals surface area (Å²) in [5, 5.41) is 0. The third-order valence-electron chi connectivity index (χ3n) is 3.54. The van der Waals surface area contributed by atoms with Gasteiger partial charge in [0.15, 0.2) is 11.5 Å². The molecule has 24 heavy (non-hydrogen) atoms. The first-order chi connectivity index (χ1) is 11.6. The van der Waals surface area contributed by atoms with Crippen LogP contribution in [0.2, 0.25) is 0 Å². The van der Waals surface area contributed by atoms with Gasteiger partial charge in [0.1, 0.15) is 0 Å². The fourth-order valence-corrected chi connectivity index (χ4v) is 3.12. The van der Waals surface area contributed by atoms with E-state index >= 15 is 0 Å². The van der Waals surface area contributed by atoms with Crippen LogP contribution in [-0.2, 0) is 27.9 Å². The summed E-state index contributed by atoms with van der Waals surface area (Å²) in [6.07, 6.45) is 0. The Labute approximate surface area is 141 Å². The van der Waals surface area contributed by atoms with Gasteiger partial charge in [0, 0.05) is 6.54 Å². The summed E-state index contributed by atoms with van der Waals surface area (Å²) in [4.78, 5) is 0. The maximum Gasteiger partial charge on any atom is 0.231 e. The number of rotatable bonds is 8. The molecule has 1 aliphatic rings. The number of hydrogen-bond acceptors (Lipinski definition) is 5. The molecule has 0 amide bonds. The molecule has 0 aliphatic carbocycles. The molecule has 0 atom stereocenters. The van der Waals surface area contributed by atoms with Gasteiger partial charge in [-0.1, -0.05) is 36.4 Å². The smallest absolute Gasteiger partial charge is 0.231 e. The zero-order valence-corrected chi connectivity index (χ0v) is 13.9. The van der Waals surface area contributed by atoms with Crippen molar-refractivity contribution in [2.24, 2.45) is 0 Å². The van der Waals surface area contributed by atoms with Gasteiger partial charge in [0.05, 0.1) is 19.0 Å². The summed E-state index contributed by atoms with van der Waals surface area (Å²) in [5.74, 6) is 1.23. The van der Waals surface area contributed by atoms with Gasteiger partial charge in [-0.2, -0.15) is 0 Å². The molecule has 0 aromatic heterocycles. The minimum atomic E-state index is -3.40. The Kier molecular flexibility index (Phi) is 5.34. The first kappa shape index (κ1) is 16.8. The van der Waals surface area contributed by atoms with Crippen molar-refractivity contribution in [2.45, 2.75) is 13.2 Å². The minimum Gasteiger partial charge on any atom is -0.454 e. The maximum absolute atomic E-state index is 12.0. The molecule has 0 spiro atoms. The van der Waals surface area contributed by atoms with Crippen molar-refractivity contribution >= 4 is 10.0 Å². The van der Waals surface area contributed by atoms with Crippen LogP contribution in [0.25, 0.3) is 0 Å². The van der Waals surface area contributed by atoms with E-state index in [1.54, 1.807) is 12.1 Å². The Hall–Kier alpha value is -2.09. The average Bonchev–Trinajstić information content (AvgIpc) is 3.06. The highest BCUT2D eigenvalue weighted by Gasteiger charge is 2.15. The number of nitrogens with one attached hydrogen (secondary N) is 1. The highest BCUT2D eigenvalue weighted by molar-refractivity contribution is 7.89. The summed E-state index contributed by atoms with van der Waals surface area (Å²) in [5.41, 5.74) is 1.83. The van der Waals surface area contributed by atoms with E-state index in [0.29, 0.717) is 18.1 Å². The van der Waals surface area contributed by atoms with Gasteiger partial charge in [-0.3, -0.25) is 0 Å². The van der Waals surface area contributed by atoms with Crippen molar-refractivity contribution in [3.8, 4) is 11.5 Å². The van der Waals surface area contributed by atoms with Gasteiger partial charge in [-0.15, -0.1) is 0 Å². The highest BCUT2D eigenvalue weighted by Crippen LogP contribution is 2.32. The molecule has 6 nitrogen and oxygen atoms in total. The molecular weight excluding hydrogens is 330 g/mol. The third kappa shape index (κ3) is 4.70. The molecule has 1 aliphatic heterocycles. The maximum atomic E-state index is 12.0. The predicted molar refractivity (Wildman–Crippen MR) is 89.3 cm³/mol. The molecule has 2 aromatic carbocycles. The van der Waals surface area contributed by atoms with Crippen molar-refractivity contribution in [3.63, 3.8) is 0 Å². The predicted octanol–water partition coefficient (Wildman–Crippen LogP) is 2.05. The summed E-state index contributed by atoms with van der Waals surface area (Å²) in [6.45, 7) is 0.949. The van der Waals surface area contributed by atoms with Gasteiger partial charge in [0.25, 0.3) is 0 Å². The van der Waals surface area contributed by atoms with Gasteiger partial charge in [-0.25, -0.2) is 13.1 Å². The molecule has 0 fully saturated rings. The number of sulfonamides is 1. The van der Waals surface area contributed by atoms with E-state index in [9.17, 15) is 8.42 Å². The topological polar surface area (TPSA) is 73.9 Å². The lowest BCUT2D eigenvalue weighted by atomic mass is 10.2. The number of fused-ring (bicyclic) bond motifs is 1. The molecule has 0 radical (unpaired) electrons. The Bertz CT molecular complexity index is 777. The molecule has 0 unspecified atom stereocenters. The first-order valence-electron chi connectivity index (χ1n) is 7.60. The van der Waals surface area contributed by atoms with E-state index in [2.05, 4.69) is 4.72 Å². The summed E-state index contributed by atoms with van der Waals surface area (Å²) < 4.78 is 42.5. The zero-order chi connectivity index (χ0) is 16.8. The fourth-order valence-electron chi connectivity index (χ4n) is 2.25. The molecule has 3 rings (SSSR count). The number of benzene rings is 2. The van der Waals surface area contributed by atoms with Crippen LogP contribution in [0.5, 0.6) is 11.5 Å². The highest BCUT2D eigenvalue weighted by atomic mass is 32.2. The van der Waals surface area contributed by atoms with Crippen LogP contribution in [0.1, 0.15) is 11.1 Å². The van der Waals surface area contributed by atoms with Gasteiger partial charge < -0.3 is 14.2 Å². The van der Waals surface area contributed by atoms with Gasteiger partial charge in [-0.05, 0) is 23.3 Å². The fraction of sp³-hybridized carbons (Fsp3) is 0.294. The lowest BCUT2D eigenvalue weighted by Crippen LogP contribution is -2.28. The van der Waals surface area contributed by atoms with Crippen molar-refractivity contribution in [1.29, 1.82) is 0 Å². The first-order valence-corrected chi connectivity index (χ1v) is 9.25. The SMILES string of the molecule is O=S(=O)(CCOCc1ccccc1)NCc1ccc2c(c1)OCO2. The Balaban J connectivity index is 1.42. The Morgan fingerprint density at radius 2 is 1.79 bits per heavy atom. The third-order valence-corrected chi connectivity index (χ3v) is 4.83. The van der Waals surface area contributed by atoms with E-state index in [-0.39, 0.29) is 25.7 Å². The van der Waals surface area contributed by atoms with Gasteiger partial charge >= 0.3 is 0 Å². The van der Waals surface area contributed by atoms with E-state index in [1.165, 1.54) is 0 Å². The quantitative estimate of drug-likeness (QED) is 0.739. The number of hydrogen-bond donors (Lipinski definition) is 1. The Morgan fingerprint density at radius 1 is 1.00 bits per heavy atom. The largest absolute Gasteiger partial charge is 0.454 e. The average molecular weight is 349 g/mol. The molecule has 128 valence electrons. The molecular formula is C17H19NO5S. The number of ether oxygens (including phenoxy) is 3. The van der Waals surface area contributed by atoms with Crippen LogP contribution in [0.4, 0.5) is 0 Å². The van der Waals surface area contributed by atoms with Crippen LogP contribution in [0.15, 0.2) is 48.5 Å². The monoisotopic (exact) mass is 349 g/mol. The summed E-state index contributed by atoms with van der Waals surface area (Å²) in [6, 6.07) is 15.0. The van der Waals surface area contributed by atoms with Crippen molar-refractivity contribution in [2.75, 3.05) is 19.2 Å². The van der Waals surface area contributed by atoms with Crippen LogP contribution in [0.3, 0.4) is 0 Å². The molecule has 0 saturated heterocycles. The van der Waals surface area contributed by atoms with E-state index in [0.717, 1.165) is 11.1 Å². The van der Waals surface area contributed by atoms with Crippen LogP contribution >= 0.6 is 0 Å². The molecule has 0 bridgehead atoms.